The normalized spacial score (nSPS) is 17.7. The summed E-state index contributed by atoms with van der Waals surface area (Å²) in [5, 5.41) is 8.82. The summed E-state index contributed by atoms with van der Waals surface area (Å²) in [5.41, 5.74) is 1.63. The van der Waals surface area contributed by atoms with E-state index in [9.17, 15) is 14.4 Å². The molecule has 12 heteroatoms. The predicted octanol–water partition coefficient (Wildman–Crippen LogP) is 6.18. The molecule has 3 N–H and O–H groups in total. The molecule has 3 aromatic rings. The van der Waals surface area contributed by atoms with Gasteiger partial charge in [-0.2, -0.15) is 0 Å². The molecule has 0 unspecified atom stereocenters. The smallest absolute Gasteiger partial charge is 0.269 e. The average Bonchev–Trinajstić information content (AvgIpc) is 3.41. The van der Waals surface area contributed by atoms with Crippen molar-refractivity contribution in [1.29, 1.82) is 0 Å². The fraction of sp³-hybridized carbons (Fsp3) is 0.167. The number of carbonyl (C=O) groups is 3. The van der Waals surface area contributed by atoms with E-state index < -0.39 is 28.0 Å². The van der Waals surface area contributed by atoms with E-state index in [1.165, 1.54) is 37.5 Å². The summed E-state index contributed by atoms with van der Waals surface area (Å²) >= 11 is 31.2. The third-order valence-electron chi connectivity index (χ3n) is 5.54. The van der Waals surface area contributed by atoms with Crippen LogP contribution in [0.15, 0.2) is 54.7 Å². The van der Waals surface area contributed by atoms with Crippen LogP contribution in [0.1, 0.15) is 32.3 Å². The molecular weight excluding hydrogens is 570 g/mol. The predicted molar refractivity (Wildman–Crippen MR) is 143 cm³/mol. The quantitative estimate of drug-likeness (QED) is 0.301. The number of hydrogen-bond acceptors (Lipinski definition) is 4. The van der Waals surface area contributed by atoms with Gasteiger partial charge in [0.2, 0.25) is 5.91 Å². The highest BCUT2D eigenvalue weighted by atomic mass is 35.5. The minimum atomic E-state index is -1.35. The third kappa shape index (κ3) is 5.56. The number of benzene rings is 2. The molecule has 0 aliphatic heterocycles. The average molecular weight is 587 g/mol. The Bertz CT molecular complexity index is 1340. The molecule has 186 valence electrons. The fourth-order valence-corrected chi connectivity index (χ4v) is 5.32. The van der Waals surface area contributed by atoms with Crippen LogP contribution in [0.2, 0.25) is 15.1 Å². The largest absolute Gasteiger partial charge is 0.354 e. The lowest BCUT2D eigenvalue weighted by Crippen LogP contribution is -2.19. The van der Waals surface area contributed by atoms with Crippen LogP contribution < -0.4 is 16.0 Å². The summed E-state index contributed by atoms with van der Waals surface area (Å²) in [6.45, 7) is 0. The van der Waals surface area contributed by atoms with Crippen molar-refractivity contribution in [3.8, 4) is 0 Å². The van der Waals surface area contributed by atoms with Crippen molar-refractivity contribution in [2.24, 2.45) is 5.92 Å². The van der Waals surface area contributed by atoms with Crippen molar-refractivity contribution in [2.75, 3.05) is 17.7 Å². The number of hydrogen-bond donors (Lipinski definition) is 3. The first-order chi connectivity index (χ1) is 17.0. The van der Waals surface area contributed by atoms with Crippen molar-refractivity contribution in [3.63, 3.8) is 0 Å². The molecule has 2 aromatic carbocycles. The highest BCUT2D eigenvalue weighted by molar-refractivity contribution is 6.53. The monoisotopic (exact) mass is 584 g/mol. The first-order valence-corrected chi connectivity index (χ1v) is 12.3. The van der Waals surface area contributed by atoms with Gasteiger partial charge >= 0.3 is 0 Å². The van der Waals surface area contributed by atoms with Crippen LogP contribution in [-0.2, 0) is 4.79 Å². The number of carbonyl (C=O) groups excluding carboxylic acids is 3. The summed E-state index contributed by atoms with van der Waals surface area (Å²) in [7, 11) is 1.49. The van der Waals surface area contributed by atoms with Crippen molar-refractivity contribution in [2.45, 2.75) is 10.3 Å². The van der Waals surface area contributed by atoms with Crippen LogP contribution in [-0.4, -0.2) is 34.1 Å². The second-order valence-corrected chi connectivity index (χ2v) is 10.7. The Morgan fingerprint density at radius 1 is 0.861 bits per heavy atom. The van der Waals surface area contributed by atoms with E-state index in [1.54, 1.807) is 24.3 Å². The van der Waals surface area contributed by atoms with Gasteiger partial charge in [0.15, 0.2) is 0 Å². The van der Waals surface area contributed by atoms with Crippen molar-refractivity contribution in [3.05, 3.63) is 86.6 Å². The minimum Gasteiger partial charge on any atom is -0.354 e. The summed E-state index contributed by atoms with van der Waals surface area (Å²) in [6, 6.07) is 12.3. The Balaban J connectivity index is 1.48. The zero-order chi connectivity index (χ0) is 26.2. The second-order valence-electron chi connectivity index (χ2n) is 7.98. The van der Waals surface area contributed by atoms with E-state index in [2.05, 4.69) is 20.9 Å². The van der Waals surface area contributed by atoms with Crippen LogP contribution in [0.4, 0.5) is 11.4 Å². The highest BCUT2D eigenvalue weighted by Gasteiger charge is 2.67. The maximum Gasteiger partial charge on any atom is 0.269 e. The lowest BCUT2D eigenvalue weighted by atomic mass is 10.1. The second kappa shape index (κ2) is 10.4. The lowest BCUT2D eigenvalue weighted by Gasteiger charge is -2.10. The number of nitrogens with one attached hydrogen (secondary N) is 3. The SMILES string of the molecule is CNC(=O)c1ccc(NC(=O)c2cc(NC(=O)[C@H]3[C@H](c4cc(Cl)cc(Cl)c4)C3(Cl)Cl)ccc2Cl)cn1. The molecular formula is C24H17Cl5N4O3. The van der Waals surface area contributed by atoms with Gasteiger partial charge in [-0.25, -0.2) is 4.98 Å². The van der Waals surface area contributed by atoms with E-state index in [4.69, 9.17) is 58.0 Å². The lowest BCUT2D eigenvalue weighted by molar-refractivity contribution is -0.117. The van der Waals surface area contributed by atoms with Gasteiger partial charge in [-0.15, -0.1) is 23.2 Å². The number of amides is 3. The third-order valence-corrected chi connectivity index (χ3v) is 7.25. The van der Waals surface area contributed by atoms with Crippen LogP contribution in [0, 0.1) is 5.92 Å². The van der Waals surface area contributed by atoms with Crippen molar-refractivity contribution >= 4 is 87.1 Å². The van der Waals surface area contributed by atoms with Crippen molar-refractivity contribution < 1.29 is 14.4 Å². The molecule has 0 radical (unpaired) electrons. The molecule has 1 aliphatic carbocycles. The molecule has 1 fully saturated rings. The van der Waals surface area contributed by atoms with E-state index in [0.29, 0.717) is 27.0 Å². The summed E-state index contributed by atoms with van der Waals surface area (Å²) in [5.74, 6) is -2.62. The molecule has 1 aliphatic rings. The Labute approximate surface area is 231 Å². The number of pyridine rings is 1. The van der Waals surface area contributed by atoms with E-state index >= 15 is 0 Å². The number of halogens is 5. The number of nitrogens with zero attached hydrogens (tertiary/aromatic N) is 1. The fourth-order valence-electron chi connectivity index (χ4n) is 3.75. The maximum absolute atomic E-state index is 13.0. The van der Waals surface area contributed by atoms with Gasteiger partial charge in [0.25, 0.3) is 11.8 Å². The Morgan fingerprint density at radius 2 is 1.53 bits per heavy atom. The zero-order valence-electron chi connectivity index (χ0n) is 18.4. The topological polar surface area (TPSA) is 100 Å². The number of alkyl halides is 2. The van der Waals surface area contributed by atoms with Gasteiger partial charge in [-0.3, -0.25) is 14.4 Å². The summed E-state index contributed by atoms with van der Waals surface area (Å²) in [4.78, 5) is 41.4. The van der Waals surface area contributed by atoms with Gasteiger partial charge in [0, 0.05) is 28.7 Å². The van der Waals surface area contributed by atoms with E-state index in [-0.39, 0.29) is 22.2 Å². The van der Waals surface area contributed by atoms with Crippen LogP contribution in [0.25, 0.3) is 0 Å². The van der Waals surface area contributed by atoms with Crippen LogP contribution in [0.5, 0.6) is 0 Å². The number of anilines is 2. The van der Waals surface area contributed by atoms with Crippen LogP contribution >= 0.6 is 58.0 Å². The molecule has 7 nitrogen and oxygen atoms in total. The molecule has 0 saturated heterocycles. The molecule has 2 atom stereocenters. The summed E-state index contributed by atoms with van der Waals surface area (Å²) in [6.07, 6.45) is 1.35. The summed E-state index contributed by atoms with van der Waals surface area (Å²) < 4.78 is -1.35. The molecule has 0 spiro atoms. The molecule has 0 bridgehead atoms. The molecule has 1 heterocycles. The highest BCUT2D eigenvalue weighted by Crippen LogP contribution is 2.65. The van der Waals surface area contributed by atoms with Gasteiger partial charge in [0.05, 0.1) is 28.4 Å². The Kier molecular flexibility index (Phi) is 7.69. The van der Waals surface area contributed by atoms with Crippen LogP contribution in [0.3, 0.4) is 0 Å². The maximum atomic E-state index is 13.0. The Morgan fingerprint density at radius 3 is 2.14 bits per heavy atom. The molecule has 4 rings (SSSR count). The Hall–Kier alpha value is -2.55. The number of aromatic nitrogens is 1. The molecule has 3 amide bonds. The molecule has 1 aromatic heterocycles. The van der Waals surface area contributed by atoms with Gasteiger partial charge in [0.1, 0.15) is 10.0 Å². The van der Waals surface area contributed by atoms with E-state index in [0.717, 1.165) is 0 Å². The van der Waals surface area contributed by atoms with Crippen molar-refractivity contribution in [1.82, 2.24) is 10.3 Å². The molecule has 36 heavy (non-hydrogen) atoms. The molecule has 1 saturated carbocycles. The first kappa shape index (κ1) is 26.5. The van der Waals surface area contributed by atoms with E-state index in [1.807, 2.05) is 0 Å². The van der Waals surface area contributed by atoms with Gasteiger partial charge in [-0.05, 0) is 54.1 Å². The number of rotatable bonds is 6. The standard InChI is InChI=1S/C24H17Cl5N4O3/c1-30-22(35)18-5-3-15(10-31-18)33-21(34)16-9-14(2-4-17(16)27)32-23(36)20-19(24(20,28)29)11-6-12(25)8-13(26)7-11/h2-10,19-20H,1H3,(H,30,35)(H,32,36)(H,33,34)/t19-,20+/m0/s1. The zero-order valence-corrected chi connectivity index (χ0v) is 22.2. The minimum absolute atomic E-state index is 0.113. The van der Waals surface area contributed by atoms with Gasteiger partial charge < -0.3 is 16.0 Å². The first-order valence-electron chi connectivity index (χ1n) is 10.4. The van der Waals surface area contributed by atoms with Gasteiger partial charge in [-0.1, -0.05) is 34.8 Å².